The molecule has 2 fully saturated rings. The molecule has 5 nitrogen and oxygen atoms in total. The van der Waals surface area contributed by atoms with E-state index in [-0.39, 0.29) is 24.6 Å². The van der Waals surface area contributed by atoms with E-state index in [9.17, 15) is 18.0 Å². The summed E-state index contributed by atoms with van der Waals surface area (Å²) in [5.41, 5.74) is 5.56. The number of halogens is 3. The summed E-state index contributed by atoms with van der Waals surface area (Å²) in [6.07, 6.45) is -2.12. The SMILES string of the molecule is NC(=NO)C1CCCN1C(=O)C1CCCC(C(F)(F)F)C1. The second-order valence-corrected chi connectivity index (χ2v) is 5.82. The van der Waals surface area contributed by atoms with E-state index < -0.39 is 24.1 Å². The molecule has 8 heteroatoms. The molecule has 0 aromatic rings. The lowest BCUT2D eigenvalue weighted by molar-refractivity contribution is -0.187. The number of oxime groups is 1. The summed E-state index contributed by atoms with van der Waals surface area (Å²) >= 11 is 0. The Labute approximate surface area is 121 Å². The fourth-order valence-corrected chi connectivity index (χ4v) is 3.35. The number of likely N-dealkylation sites (tertiary alicyclic amines) is 1. The number of rotatable bonds is 2. The minimum absolute atomic E-state index is 0.0518. The number of carbonyl (C=O) groups excluding carboxylic acids is 1. The number of amidine groups is 1. The molecule has 0 spiro atoms. The Balaban J connectivity index is 2.05. The quantitative estimate of drug-likeness (QED) is 0.355. The van der Waals surface area contributed by atoms with E-state index in [2.05, 4.69) is 5.16 Å². The van der Waals surface area contributed by atoms with Crippen molar-refractivity contribution in [2.75, 3.05) is 6.54 Å². The third-order valence-corrected chi connectivity index (χ3v) is 4.48. The van der Waals surface area contributed by atoms with Crippen molar-refractivity contribution in [2.45, 2.75) is 50.7 Å². The van der Waals surface area contributed by atoms with Crippen molar-refractivity contribution in [1.29, 1.82) is 0 Å². The summed E-state index contributed by atoms with van der Waals surface area (Å²) in [4.78, 5) is 13.9. The van der Waals surface area contributed by atoms with Gasteiger partial charge < -0.3 is 15.8 Å². The molecule has 21 heavy (non-hydrogen) atoms. The second kappa shape index (κ2) is 6.11. The number of carbonyl (C=O) groups is 1. The van der Waals surface area contributed by atoms with Crippen LogP contribution in [0.3, 0.4) is 0 Å². The number of nitrogens with two attached hydrogens (primary N) is 1. The van der Waals surface area contributed by atoms with Crippen molar-refractivity contribution in [3.63, 3.8) is 0 Å². The van der Waals surface area contributed by atoms with Gasteiger partial charge in [0.2, 0.25) is 5.91 Å². The lowest BCUT2D eigenvalue weighted by Crippen LogP contribution is -2.47. The minimum atomic E-state index is -4.24. The van der Waals surface area contributed by atoms with Crippen molar-refractivity contribution >= 4 is 11.7 Å². The first-order valence-corrected chi connectivity index (χ1v) is 7.19. The van der Waals surface area contributed by atoms with E-state index >= 15 is 0 Å². The van der Waals surface area contributed by atoms with Crippen LogP contribution in [0.4, 0.5) is 13.2 Å². The average Bonchev–Trinajstić information content (AvgIpc) is 2.94. The summed E-state index contributed by atoms with van der Waals surface area (Å²) < 4.78 is 38.5. The smallest absolute Gasteiger partial charge is 0.391 e. The van der Waals surface area contributed by atoms with Crippen LogP contribution >= 0.6 is 0 Å². The zero-order valence-electron chi connectivity index (χ0n) is 11.6. The molecule has 120 valence electrons. The molecule has 1 aliphatic carbocycles. The summed E-state index contributed by atoms with van der Waals surface area (Å²) in [5, 5.41) is 11.7. The standard InChI is InChI=1S/C13H20F3N3O2/c14-13(15,16)9-4-1-3-8(7-9)12(20)19-6-2-5-10(19)11(17)18-21/h8-10,21H,1-7H2,(H2,17,18). The second-order valence-electron chi connectivity index (χ2n) is 5.82. The predicted molar refractivity (Wildman–Crippen MR) is 69.6 cm³/mol. The molecule has 3 unspecified atom stereocenters. The van der Waals surface area contributed by atoms with E-state index in [1.54, 1.807) is 0 Å². The Hall–Kier alpha value is -1.47. The van der Waals surface area contributed by atoms with Gasteiger partial charge in [-0.05, 0) is 32.1 Å². The molecule has 1 amide bonds. The fourth-order valence-electron chi connectivity index (χ4n) is 3.35. The number of hydrogen-bond acceptors (Lipinski definition) is 3. The number of alkyl halides is 3. The summed E-state index contributed by atoms with van der Waals surface area (Å²) in [6.45, 7) is 0.451. The van der Waals surface area contributed by atoms with Gasteiger partial charge in [-0.15, -0.1) is 0 Å². The lowest BCUT2D eigenvalue weighted by atomic mass is 9.80. The van der Waals surface area contributed by atoms with Gasteiger partial charge in [0.05, 0.1) is 12.0 Å². The Kier molecular flexibility index (Phi) is 4.63. The van der Waals surface area contributed by atoms with E-state index in [0.29, 0.717) is 32.2 Å². The van der Waals surface area contributed by atoms with E-state index in [1.807, 2.05) is 0 Å². The minimum Gasteiger partial charge on any atom is -0.409 e. The van der Waals surface area contributed by atoms with Crippen molar-refractivity contribution in [3.8, 4) is 0 Å². The van der Waals surface area contributed by atoms with Gasteiger partial charge in [0.1, 0.15) is 0 Å². The third kappa shape index (κ3) is 3.41. The zero-order valence-corrected chi connectivity index (χ0v) is 11.6. The van der Waals surface area contributed by atoms with Crippen LogP contribution in [0.2, 0.25) is 0 Å². The van der Waals surface area contributed by atoms with Crippen LogP contribution in [0.1, 0.15) is 38.5 Å². The van der Waals surface area contributed by atoms with E-state index in [1.165, 1.54) is 4.90 Å². The zero-order chi connectivity index (χ0) is 15.6. The Morgan fingerprint density at radius 2 is 1.95 bits per heavy atom. The number of nitrogens with zero attached hydrogens (tertiary/aromatic N) is 2. The molecule has 0 bridgehead atoms. The molecule has 3 N–H and O–H groups in total. The van der Waals surface area contributed by atoms with E-state index in [0.717, 1.165) is 0 Å². The molecule has 2 rings (SSSR count). The molecule has 2 aliphatic rings. The van der Waals surface area contributed by atoms with Gasteiger partial charge in [0.15, 0.2) is 5.84 Å². The van der Waals surface area contributed by atoms with Gasteiger partial charge >= 0.3 is 6.18 Å². The first-order chi connectivity index (χ1) is 9.84. The monoisotopic (exact) mass is 307 g/mol. The van der Waals surface area contributed by atoms with Crippen LogP contribution in [0, 0.1) is 11.8 Å². The van der Waals surface area contributed by atoms with E-state index in [4.69, 9.17) is 10.9 Å². The first kappa shape index (κ1) is 15.9. The van der Waals surface area contributed by atoms with Crippen LogP contribution in [-0.2, 0) is 4.79 Å². The van der Waals surface area contributed by atoms with Crippen molar-refractivity contribution in [3.05, 3.63) is 0 Å². The number of hydrogen-bond donors (Lipinski definition) is 2. The normalized spacial score (nSPS) is 31.5. The molecular weight excluding hydrogens is 287 g/mol. The Bertz CT molecular complexity index is 425. The molecular formula is C13H20F3N3O2. The van der Waals surface area contributed by atoms with Crippen molar-refractivity contribution < 1.29 is 23.2 Å². The molecule has 1 saturated carbocycles. The van der Waals surface area contributed by atoms with Gasteiger partial charge in [-0.2, -0.15) is 13.2 Å². The molecule has 0 aromatic heterocycles. The van der Waals surface area contributed by atoms with Gasteiger partial charge in [0.25, 0.3) is 0 Å². The average molecular weight is 307 g/mol. The highest BCUT2D eigenvalue weighted by Crippen LogP contribution is 2.41. The van der Waals surface area contributed by atoms with Gasteiger partial charge in [0, 0.05) is 12.5 Å². The summed E-state index contributed by atoms with van der Waals surface area (Å²) in [7, 11) is 0. The van der Waals surface area contributed by atoms with Gasteiger partial charge in [-0.3, -0.25) is 4.79 Å². The lowest BCUT2D eigenvalue weighted by Gasteiger charge is -2.33. The molecule has 3 atom stereocenters. The maximum absolute atomic E-state index is 12.8. The van der Waals surface area contributed by atoms with Crippen molar-refractivity contribution in [1.82, 2.24) is 4.90 Å². The molecule has 1 heterocycles. The highest BCUT2D eigenvalue weighted by molar-refractivity contribution is 5.91. The summed E-state index contributed by atoms with van der Waals surface area (Å²) in [5.74, 6) is -2.36. The topological polar surface area (TPSA) is 78.9 Å². The predicted octanol–water partition coefficient (Wildman–Crippen LogP) is 2.09. The Morgan fingerprint density at radius 1 is 1.24 bits per heavy atom. The largest absolute Gasteiger partial charge is 0.409 e. The molecule has 1 aliphatic heterocycles. The number of amides is 1. The fraction of sp³-hybridized carbons (Fsp3) is 0.846. The maximum atomic E-state index is 12.8. The highest BCUT2D eigenvalue weighted by atomic mass is 19.4. The highest BCUT2D eigenvalue weighted by Gasteiger charge is 2.45. The van der Waals surface area contributed by atoms with Crippen LogP contribution in [0.25, 0.3) is 0 Å². The van der Waals surface area contributed by atoms with Crippen LogP contribution in [-0.4, -0.2) is 40.6 Å². The van der Waals surface area contributed by atoms with Crippen LogP contribution < -0.4 is 5.73 Å². The maximum Gasteiger partial charge on any atom is 0.391 e. The summed E-state index contributed by atoms with van der Waals surface area (Å²) in [6, 6.07) is -0.492. The van der Waals surface area contributed by atoms with Gasteiger partial charge in [-0.25, -0.2) is 0 Å². The first-order valence-electron chi connectivity index (χ1n) is 7.19. The van der Waals surface area contributed by atoms with Gasteiger partial charge in [-0.1, -0.05) is 11.6 Å². The third-order valence-electron chi connectivity index (χ3n) is 4.48. The van der Waals surface area contributed by atoms with Crippen LogP contribution in [0.15, 0.2) is 5.16 Å². The Morgan fingerprint density at radius 3 is 2.57 bits per heavy atom. The molecule has 1 saturated heterocycles. The van der Waals surface area contributed by atoms with Crippen molar-refractivity contribution in [2.24, 2.45) is 22.7 Å². The molecule has 0 radical (unpaired) electrons. The molecule has 0 aromatic carbocycles. The van der Waals surface area contributed by atoms with Crippen LogP contribution in [0.5, 0.6) is 0 Å².